The number of hydrogen-bond donors (Lipinski definition) is 1. The molecule has 0 radical (unpaired) electrons. The molecule has 98 valence electrons. The fourth-order valence-corrected chi connectivity index (χ4v) is 2.02. The number of piperidine rings is 1. The van der Waals surface area contributed by atoms with Crippen LogP contribution in [0, 0.1) is 5.92 Å². The monoisotopic (exact) mass is 243 g/mol. The number of aliphatic hydroxyl groups is 1. The van der Waals surface area contributed by atoms with Gasteiger partial charge in [-0.1, -0.05) is 0 Å². The Morgan fingerprint density at radius 3 is 2.47 bits per heavy atom. The Morgan fingerprint density at radius 1 is 1.41 bits per heavy atom. The van der Waals surface area contributed by atoms with Crippen molar-refractivity contribution >= 4 is 11.9 Å². The Hall–Kier alpha value is -1.10. The van der Waals surface area contributed by atoms with Crippen LogP contribution in [0.4, 0.5) is 0 Å². The second kappa shape index (κ2) is 6.59. The molecule has 0 spiro atoms. The first-order valence-electron chi connectivity index (χ1n) is 6.08. The van der Waals surface area contributed by atoms with Gasteiger partial charge in [-0.3, -0.25) is 9.59 Å². The summed E-state index contributed by atoms with van der Waals surface area (Å²) in [6, 6.07) is 0. The van der Waals surface area contributed by atoms with E-state index in [1.807, 2.05) is 0 Å². The van der Waals surface area contributed by atoms with Crippen LogP contribution < -0.4 is 0 Å². The quantitative estimate of drug-likeness (QED) is 0.733. The molecule has 1 aliphatic heterocycles. The summed E-state index contributed by atoms with van der Waals surface area (Å²) in [6.07, 6.45) is 1.78. The van der Waals surface area contributed by atoms with Gasteiger partial charge in [0.2, 0.25) is 5.91 Å². The van der Waals surface area contributed by atoms with Crippen molar-refractivity contribution < 1.29 is 19.4 Å². The summed E-state index contributed by atoms with van der Waals surface area (Å²) in [6.45, 7) is 2.90. The average Bonchev–Trinajstić information content (AvgIpc) is 2.35. The first-order chi connectivity index (χ1) is 8.04. The van der Waals surface area contributed by atoms with Crippen molar-refractivity contribution in [3.8, 4) is 0 Å². The fourth-order valence-electron chi connectivity index (χ4n) is 2.02. The normalized spacial score (nSPS) is 18.9. The van der Waals surface area contributed by atoms with Gasteiger partial charge in [0.15, 0.2) is 0 Å². The van der Waals surface area contributed by atoms with Gasteiger partial charge in [0.1, 0.15) is 0 Å². The van der Waals surface area contributed by atoms with Crippen molar-refractivity contribution in [2.45, 2.75) is 38.7 Å². The standard InChI is InChI=1S/C12H21NO4/c1-9(14)3-4-11(15)13-7-5-10(6-8-13)12(16)17-2/h9-10,14H,3-8H2,1-2H3. The molecule has 1 rings (SSSR count). The van der Waals surface area contributed by atoms with Crippen molar-refractivity contribution in [3.05, 3.63) is 0 Å². The maximum atomic E-state index is 11.7. The van der Waals surface area contributed by atoms with E-state index in [0.29, 0.717) is 38.8 Å². The zero-order valence-electron chi connectivity index (χ0n) is 10.5. The number of rotatable bonds is 4. The molecule has 0 aliphatic carbocycles. The molecule has 1 fully saturated rings. The Bertz CT molecular complexity index is 270. The number of carbonyl (C=O) groups is 2. The van der Waals surface area contributed by atoms with Crippen LogP contribution in [0.3, 0.4) is 0 Å². The number of nitrogens with zero attached hydrogens (tertiary/aromatic N) is 1. The molecule has 1 atom stereocenters. The zero-order chi connectivity index (χ0) is 12.8. The van der Waals surface area contributed by atoms with Gasteiger partial charge in [0.05, 0.1) is 19.1 Å². The summed E-state index contributed by atoms with van der Waals surface area (Å²) >= 11 is 0. The predicted molar refractivity (Wildman–Crippen MR) is 62.2 cm³/mol. The largest absolute Gasteiger partial charge is 0.469 e. The van der Waals surface area contributed by atoms with E-state index >= 15 is 0 Å². The zero-order valence-corrected chi connectivity index (χ0v) is 10.5. The van der Waals surface area contributed by atoms with E-state index in [0.717, 1.165) is 0 Å². The topological polar surface area (TPSA) is 66.8 Å². The third kappa shape index (κ3) is 4.34. The molecule has 1 unspecified atom stereocenters. The Balaban J connectivity index is 2.31. The Morgan fingerprint density at radius 2 is 2.00 bits per heavy atom. The van der Waals surface area contributed by atoms with E-state index in [4.69, 9.17) is 5.11 Å². The van der Waals surface area contributed by atoms with Crippen molar-refractivity contribution in [2.24, 2.45) is 5.92 Å². The lowest BCUT2D eigenvalue weighted by Gasteiger charge is -2.30. The van der Waals surface area contributed by atoms with Gasteiger partial charge in [-0.2, -0.15) is 0 Å². The van der Waals surface area contributed by atoms with E-state index in [1.54, 1.807) is 11.8 Å². The van der Waals surface area contributed by atoms with E-state index in [-0.39, 0.29) is 17.8 Å². The number of likely N-dealkylation sites (tertiary alicyclic amines) is 1. The van der Waals surface area contributed by atoms with E-state index in [1.165, 1.54) is 7.11 Å². The highest BCUT2D eigenvalue weighted by Gasteiger charge is 2.27. The molecule has 0 aromatic carbocycles. The van der Waals surface area contributed by atoms with Gasteiger partial charge in [-0.15, -0.1) is 0 Å². The summed E-state index contributed by atoms with van der Waals surface area (Å²) in [5.74, 6) is -0.184. The summed E-state index contributed by atoms with van der Waals surface area (Å²) in [5, 5.41) is 9.11. The van der Waals surface area contributed by atoms with E-state index < -0.39 is 6.10 Å². The van der Waals surface area contributed by atoms with Gasteiger partial charge in [0.25, 0.3) is 0 Å². The number of carbonyl (C=O) groups excluding carboxylic acids is 2. The molecule has 1 saturated heterocycles. The smallest absolute Gasteiger partial charge is 0.308 e. The van der Waals surface area contributed by atoms with Crippen LogP contribution in [0.5, 0.6) is 0 Å². The van der Waals surface area contributed by atoms with Crippen molar-refractivity contribution in [3.63, 3.8) is 0 Å². The van der Waals surface area contributed by atoms with Crippen LogP contribution in [0.25, 0.3) is 0 Å². The average molecular weight is 243 g/mol. The van der Waals surface area contributed by atoms with Crippen LogP contribution in [-0.2, 0) is 14.3 Å². The van der Waals surface area contributed by atoms with E-state index in [9.17, 15) is 9.59 Å². The lowest BCUT2D eigenvalue weighted by molar-refractivity contribution is -0.149. The second-order valence-corrected chi connectivity index (χ2v) is 4.57. The number of methoxy groups -OCH3 is 1. The molecule has 0 aromatic heterocycles. The van der Waals surface area contributed by atoms with Gasteiger partial charge in [0, 0.05) is 19.5 Å². The molecule has 0 saturated carbocycles. The number of amides is 1. The van der Waals surface area contributed by atoms with Crippen LogP contribution in [0.2, 0.25) is 0 Å². The molecule has 5 nitrogen and oxygen atoms in total. The minimum Gasteiger partial charge on any atom is -0.469 e. The summed E-state index contributed by atoms with van der Waals surface area (Å²) < 4.78 is 4.69. The molecule has 5 heteroatoms. The molecule has 0 aromatic rings. The third-order valence-corrected chi connectivity index (χ3v) is 3.16. The van der Waals surface area contributed by atoms with Gasteiger partial charge < -0.3 is 14.7 Å². The van der Waals surface area contributed by atoms with Gasteiger partial charge in [-0.25, -0.2) is 0 Å². The Kier molecular flexibility index (Phi) is 5.41. The minimum absolute atomic E-state index is 0.0641. The summed E-state index contributed by atoms with van der Waals surface area (Å²) in [7, 11) is 1.39. The highest BCUT2D eigenvalue weighted by Crippen LogP contribution is 2.19. The molecule has 1 amide bonds. The molecule has 17 heavy (non-hydrogen) atoms. The molecular formula is C12H21NO4. The summed E-state index contributed by atoms with van der Waals surface area (Å²) in [4.78, 5) is 24.8. The molecule has 0 bridgehead atoms. The first-order valence-corrected chi connectivity index (χ1v) is 6.08. The minimum atomic E-state index is -0.438. The van der Waals surface area contributed by atoms with E-state index in [2.05, 4.69) is 4.74 Å². The fraction of sp³-hybridized carbons (Fsp3) is 0.833. The lowest BCUT2D eigenvalue weighted by Crippen LogP contribution is -2.40. The molecular weight excluding hydrogens is 222 g/mol. The van der Waals surface area contributed by atoms with Gasteiger partial charge in [-0.05, 0) is 26.2 Å². The maximum Gasteiger partial charge on any atom is 0.308 e. The molecule has 1 aliphatic rings. The van der Waals surface area contributed by atoms with Crippen molar-refractivity contribution in [1.29, 1.82) is 0 Å². The van der Waals surface area contributed by atoms with Crippen LogP contribution in [0.15, 0.2) is 0 Å². The summed E-state index contributed by atoms with van der Waals surface area (Å²) in [5.41, 5.74) is 0. The third-order valence-electron chi connectivity index (χ3n) is 3.16. The Labute approximate surface area is 102 Å². The molecule has 1 heterocycles. The van der Waals surface area contributed by atoms with Crippen LogP contribution >= 0.6 is 0 Å². The van der Waals surface area contributed by atoms with Crippen molar-refractivity contribution in [2.75, 3.05) is 20.2 Å². The lowest BCUT2D eigenvalue weighted by atomic mass is 9.96. The number of ether oxygens (including phenoxy) is 1. The number of esters is 1. The van der Waals surface area contributed by atoms with Crippen molar-refractivity contribution in [1.82, 2.24) is 4.90 Å². The van der Waals surface area contributed by atoms with Crippen LogP contribution in [-0.4, -0.2) is 48.2 Å². The highest BCUT2D eigenvalue weighted by molar-refractivity contribution is 5.77. The number of hydrogen-bond acceptors (Lipinski definition) is 4. The first kappa shape index (κ1) is 14.0. The highest BCUT2D eigenvalue weighted by atomic mass is 16.5. The molecule has 1 N–H and O–H groups in total. The van der Waals surface area contributed by atoms with Gasteiger partial charge >= 0.3 is 5.97 Å². The maximum absolute atomic E-state index is 11.7. The number of aliphatic hydroxyl groups excluding tert-OH is 1. The van der Waals surface area contributed by atoms with Crippen LogP contribution in [0.1, 0.15) is 32.6 Å². The SMILES string of the molecule is COC(=O)C1CCN(C(=O)CCC(C)O)CC1. The second-order valence-electron chi connectivity index (χ2n) is 4.57. The predicted octanol–water partition coefficient (Wildman–Crippen LogP) is 0.559.